The van der Waals surface area contributed by atoms with E-state index < -0.39 is 0 Å². The first kappa shape index (κ1) is 27.4. The lowest BCUT2D eigenvalue weighted by Gasteiger charge is -2.10. The topological polar surface area (TPSA) is 75.3 Å². The number of nitrogens with one attached hydrogen (secondary N) is 1. The standard InChI is InChI=1S/C24H50N2O2/c1-2-3-4-13-18-23(27)19-14-9-7-5-6-8-10-15-20-24(28)26-22-17-12-11-16-21-25/h23,27H,2-22,25H2,1H3,(H,26,28). The van der Waals surface area contributed by atoms with Gasteiger partial charge in [-0.3, -0.25) is 4.79 Å². The molecule has 0 bridgehead atoms. The van der Waals surface area contributed by atoms with Crippen molar-refractivity contribution in [3.63, 3.8) is 0 Å². The van der Waals surface area contributed by atoms with Crippen molar-refractivity contribution >= 4 is 5.91 Å². The van der Waals surface area contributed by atoms with Gasteiger partial charge in [-0.25, -0.2) is 0 Å². The summed E-state index contributed by atoms with van der Waals surface area (Å²) >= 11 is 0. The second kappa shape index (κ2) is 22.7. The Bertz CT molecular complexity index is 324. The van der Waals surface area contributed by atoms with Crippen LogP contribution < -0.4 is 11.1 Å². The summed E-state index contributed by atoms with van der Waals surface area (Å²) in [7, 11) is 0. The quantitative estimate of drug-likeness (QED) is 0.200. The summed E-state index contributed by atoms with van der Waals surface area (Å²) in [5.41, 5.74) is 5.47. The van der Waals surface area contributed by atoms with Crippen LogP contribution in [0.2, 0.25) is 0 Å². The van der Waals surface area contributed by atoms with Gasteiger partial charge >= 0.3 is 0 Å². The molecule has 4 heteroatoms. The van der Waals surface area contributed by atoms with Crippen LogP contribution in [0.3, 0.4) is 0 Å². The molecule has 1 amide bonds. The molecule has 4 nitrogen and oxygen atoms in total. The van der Waals surface area contributed by atoms with E-state index >= 15 is 0 Å². The summed E-state index contributed by atoms with van der Waals surface area (Å²) < 4.78 is 0. The first-order chi connectivity index (χ1) is 13.7. The summed E-state index contributed by atoms with van der Waals surface area (Å²) in [5.74, 6) is 0.215. The van der Waals surface area contributed by atoms with E-state index in [1.807, 2.05) is 0 Å². The van der Waals surface area contributed by atoms with E-state index in [2.05, 4.69) is 12.2 Å². The number of carbonyl (C=O) groups is 1. The van der Waals surface area contributed by atoms with E-state index in [0.29, 0.717) is 6.42 Å². The minimum atomic E-state index is -0.0751. The molecule has 0 saturated carbocycles. The molecule has 0 aromatic heterocycles. The van der Waals surface area contributed by atoms with Crippen molar-refractivity contribution in [1.82, 2.24) is 5.32 Å². The fourth-order valence-electron chi connectivity index (χ4n) is 3.62. The molecule has 0 heterocycles. The smallest absolute Gasteiger partial charge is 0.219 e. The number of amides is 1. The molecular formula is C24H50N2O2. The third kappa shape index (κ3) is 21.7. The normalized spacial score (nSPS) is 12.2. The van der Waals surface area contributed by atoms with E-state index in [4.69, 9.17) is 5.73 Å². The zero-order chi connectivity index (χ0) is 20.7. The third-order valence-corrected chi connectivity index (χ3v) is 5.54. The largest absolute Gasteiger partial charge is 0.393 e. The Balaban J connectivity index is 3.21. The Hall–Kier alpha value is -0.610. The number of hydrogen-bond acceptors (Lipinski definition) is 3. The van der Waals surface area contributed by atoms with Crippen LogP contribution in [0.15, 0.2) is 0 Å². The Morgan fingerprint density at radius 3 is 1.86 bits per heavy atom. The highest BCUT2D eigenvalue weighted by Crippen LogP contribution is 2.14. The van der Waals surface area contributed by atoms with E-state index in [9.17, 15) is 9.90 Å². The maximum absolute atomic E-state index is 11.7. The van der Waals surface area contributed by atoms with Crippen molar-refractivity contribution in [2.24, 2.45) is 5.73 Å². The van der Waals surface area contributed by atoms with Crippen molar-refractivity contribution in [3.8, 4) is 0 Å². The van der Waals surface area contributed by atoms with Crippen LogP contribution >= 0.6 is 0 Å². The molecule has 0 aliphatic carbocycles. The molecule has 0 spiro atoms. The zero-order valence-corrected chi connectivity index (χ0v) is 18.9. The lowest BCUT2D eigenvalue weighted by atomic mass is 10.0. The fraction of sp³-hybridized carbons (Fsp3) is 0.958. The summed E-state index contributed by atoms with van der Waals surface area (Å²) in [6.45, 7) is 3.81. The van der Waals surface area contributed by atoms with E-state index in [1.54, 1.807) is 0 Å². The van der Waals surface area contributed by atoms with Crippen molar-refractivity contribution in [3.05, 3.63) is 0 Å². The van der Waals surface area contributed by atoms with Crippen LogP contribution in [0.25, 0.3) is 0 Å². The molecule has 4 N–H and O–H groups in total. The van der Waals surface area contributed by atoms with Crippen molar-refractivity contribution in [2.75, 3.05) is 13.1 Å². The highest BCUT2D eigenvalue weighted by molar-refractivity contribution is 5.75. The molecule has 0 radical (unpaired) electrons. The Labute approximate surface area is 175 Å². The van der Waals surface area contributed by atoms with Gasteiger partial charge in [-0.1, -0.05) is 90.4 Å². The number of nitrogens with two attached hydrogens (primary N) is 1. The van der Waals surface area contributed by atoms with Gasteiger partial charge in [-0.2, -0.15) is 0 Å². The highest BCUT2D eigenvalue weighted by Gasteiger charge is 2.04. The number of aliphatic hydroxyl groups is 1. The Morgan fingerprint density at radius 1 is 0.750 bits per heavy atom. The van der Waals surface area contributed by atoms with Gasteiger partial charge in [0, 0.05) is 13.0 Å². The van der Waals surface area contributed by atoms with Crippen LogP contribution in [-0.4, -0.2) is 30.2 Å². The van der Waals surface area contributed by atoms with Crippen molar-refractivity contribution < 1.29 is 9.90 Å². The Kier molecular flexibility index (Phi) is 22.2. The summed E-state index contributed by atoms with van der Waals surface area (Å²) in [6, 6.07) is 0. The van der Waals surface area contributed by atoms with Crippen LogP contribution in [0.1, 0.15) is 129 Å². The molecule has 1 unspecified atom stereocenters. The predicted octanol–water partition coefficient (Wildman–Crippen LogP) is 5.85. The van der Waals surface area contributed by atoms with Crippen molar-refractivity contribution in [2.45, 2.75) is 135 Å². The maximum atomic E-state index is 11.7. The molecule has 0 aliphatic rings. The number of aliphatic hydroxyl groups excluding tert-OH is 1. The summed E-state index contributed by atoms with van der Waals surface area (Å²) in [4.78, 5) is 11.7. The van der Waals surface area contributed by atoms with Crippen LogP contribution in [-0.2, 0) is 4.79 Å². The average Bonchev–Trinajstić information content (AvgIpc) is 2.69. The molecule has 0 aliphatic heterocycles. The van der Waals surface area contributed by atoms with E-state index in [-0.39, 0.29) is 12.0 Å². The average molecular weight is 399 g/mol. The van der Waals surface area contributed by atoms with Crippen LogP contribution in [0, 0.1) is 0 Å². The molecule has 0 saturated heterocycles. The van der Waals surface area contributed by atoms with Crippen LogP contribution in [0.5, 0.6) is 0 Å². The van der Waals surface area contributed by atoms with Crippen LogP contribution in [0.4, 0.5) is 0 Å². The second-order valence-corrected chi connectivity index (χ2v) is 8.42. The minimum Gasteiger partial charge on any atom is -0.393 e. The number of carbonyl (C=O) groups excluding carboxylic acids is 1. The first-order valence-corrected chi connectivity index (χ1v) is 12.4. The van der Waals surface area contributed by atoms with Gasteiger partial charge in [-0.05, 0) is 38.6 Å². The highest BCUT2D eigenvalue weighted by atomic mass is 16.3. The van der Waals surface area contributed by atoms with Gasteiger partial charge in [0.2, 0.25) is 5.91 Å². The van der Waals surface area contributed by atoms with E-state index in [0.717, 1.165) is 51.6 Å². The van der Waals surface area contributed by atoms with Gasteiger partial charge in [-0.15, -0.1) is 0 Å². The number of hydrogen-bond donors (Lipinski definition) is 3. The van der Waals surface area contributed by atoms with Gasteiger partial charge < -0.3 is 16.2 Å². The molecule has 0 fully saturated rings. The predicted molar refractivity (Wildman–Crippen MR) is 121 cm³/mol. The molecule has 0 aromatic carbocycles. The van der Waals surface area contributed by atoms with Gasteiger partial charge in [0.05, 0.1) is 6.10 Å². The second-order valence-electron chi connectivity index (χ2n) is 8.42. The third-order valence-electron chi connectivity index (χ3n) is 5.54. The molecule has 1 atom stereocenters. The lowest BCUT2D eigenvalue weighted by Crippen LogP contribution is -2.23. The maximum Gasteiger partial charge on any atom is 0.219 e. The first-order valence-electron chi connectivity index (χ1n) is 12.4. The number of rotatable bonds is 22. The molecule has 28 heavy (non-hydrogen) atoms. The molecular weight excluding hydrogens is 348 g/mol. The molecule has 168 valence electrons. The monoisotopic (exact) mass is 398 g/mol. The Morgan fingerprint density at radius 2 is 1.25 bits per heavy atom. The SMILES string of the molecule is CCCCCCC(O)CCCCCCCCCCC(=O)NCCCCCCN. The molecule has 0 aromatic rings. The summed E-state index contributed by atoms with van der Waals surface area (Å²) in [5, 5.41) is 13.0. The lowest BCUT2D eigenvalue weighted by molar-refractivity contribution is -0.121. The summed E-state index contributed by atoms with van der Waals surface area (Å²) in [6.07, 6.45) is 21.8. The fourth-order valence-corrected chi connectivity index (χ4v) is 3.62. The molecule has 0 rings (SSSR count). The van der Waals surface area contributed by atoms with Gasteiger partial charge in [0.25, 0.3) is 0 Å². The number of unbranched alkanes of at least 4 members (excludes halogenated alkanes) is 13. The van der Waals surface area contributed by atoms with Crippen molar-refractivity contribution in [1.29, 1.82) is 0 Å². The van der Waals surface area contributed by atoms with Gasteiger partial charge in [0.1, 0.15) is 0 Å². The zero-order valence-electron chi connectivity index (χ0n) is 18.9. The van der Waals surface area contributed by atoms with E-state index in [1.165, 1.54) is 77.0 Å². The minimum absolute atomic E-state index is 0.0751. The van der Waals surface area contributed by atoms with Gasteiger partial charge in [0.15, 0.2) is 0 Å².